The predicted octanol–water partition coefficient (Wildman–Crippen LogP) is 1.10. The monoisotopic (exact) mass is 157 g/mol. The van der Waals surface area contributed by atoms with Crippen LogP contribution in [0.25, 0.3) is 0 Å². The van der Waals surface area contributed by atoms with E-state index in [4.69, 9.17) is 0 Å². The Morgan fingerprint density at radius 1 is 1.00 bits per heavy atom. The summed E-state index contributed by atoms with van der Waals surface area (Å²) in [4.78, 5) is 0. The van der Waals surface area contributed by atoms with Crippen molar-refractivity contribution in [2.75, 3.05) is 0 Å². The average Bonchev–Trinajstić information content (AvgIpc) is 2.13. The molecule has 0 radical (unpaired) electrons. The minimum atomic E-state index is -0.137. The molecule has 0 aromatic heterocycles. The van der Waals surface area contributed by atoms with Crippen molar-refractivity contribution in [3.63, 3.8) is 0 Å². The lowest BCUT2D eigenvalue weighted by Crippen LogP contribution is -1.96. The quantitative estimate of drug-likeness (QED) is 0.467. The minimum Gasteiger partial charge on any atom is -0.378 e. The van der Waals surface area contributed by atoms with Gasteiger partial charge in [0.05, 0.1) is 0 Å². The van der Waals surface area contributed by atoms with Crippen molar-refractivity contribution in [2.24, 2.45) is 4.30 Å². The first-order chi connectivity index (χ1) is 4.43. The molecule has 0 atom stereocenters. The topological polar surface area (TPSA) is 12.4 Å². The second kappa shape index (κ2) is 4.11. The Balaban J connectivity index is 2.36. The van der Waals surface area contributed by atoms with E-state index in [-0.39, 0.29) is 8.59 Å². The number of hydrogen-bond donors (Lipinski definition) is 0. The smallest absolute Gasteiger partial charge is 0.120 e. The molecule has 1 aliphatic heterocycles. The molecule has 0 unspecified atom stereocenters. The van der Waals surface area contributed by atoms with Crippen LogP contribution in [0.5, 0.6) is 0 Å². The molecule has 0 bridgehead atoms. The van der Waals surface area contributed by atoms with Crippen LogP contribution in [0.3, 0.4) is 0 Å². The molecule has 1 saturated heterocycles. The zero-order valence-corrected chi connectivity index (χ0v) is 9.19. The molecule has 0 amide bonds. The van der Waals surface area contributed by atoms with Crippen molar-refractivity contribution in [2.45, 2.75) is 37.8 Å². The van der Waals surface area contributed by atoms with E-state index in [1.54, 1.807) is 0 Å². The Labute approximate surface area is 61.7 Å². The fourth-order valence-corrected chi connectivity index (χ4v) is 4.72. The van der Waals surface area contributed by atoms with Crippen molar-refractivity contribution in [3.05, 3.63) is 0 Å². The van der Waals surface area contributed by atoms with Crippen molar-refractivity contribution < 1.29 is 0 Å². The van der Waals surface area contributed by atoms with Gasteiger partial charge >= 0.3 is 0 Å². The van der Waals surface area contributed by atoms with Gasteiger partial charge in [-0.05, 0) is 12.1 Å². The number of rotatable bonds is 0. The largest absolute Gasteiger partial charge is 0.378 e. The van der Waals surface area contributed by atoms with Gasteiger partial charge < -0.3 is 4.30 Å². The molecule has 0 aliphatic carbocycles. The SMILES string of the molecule is [SiH3]N=[Si]1CCCCCC1. The molecule has 52 valence electrons. The molecule has 0 aromatic carbocycles. The van der Waals surface area contributed by atoms with Crippen molar-refractivity contribution in [1.82, 2.24) is 0 Å². The summed E-state index contributed by atoms with van der Waals surface area (Å²) in [5.41, 5.74) is 0. The Bertz CT molecular complexity index is 102. The maximum Gasteiger partial charge on any atom is 0.120 e. The van der Waals surface area contributed by atoms with Crippen molar-refractivity contribution in [1.29, 1.82) is 0 Å². The van der Waals surface area contributed by atoms with E-state index in [0.717, 1.165) is 10.4 Å². The van der Waals surface area contributed by atoms with Gasteiger partial charge in [0.2, 0.25) is 0 Å². The van der Waals surface area contributed by atoms with Crippen molar-refractivity contribution in [3.8, 4) is 0 Å². The lowest BCUT2D eigenvalue weighted by atomic mass is 10.2. The molecule has 1 aliphatic rings. The van der Waals surface area contributed by atoms with Gasteiger partial charge in [0, 0.05) is 0 Å². The van der Waals surface area contributed by atoms with Gasteiger partial charge in [-0.25, -0.2) is 0 Å². The predicted molar refractivity (Wildman–Crippen MR) is 46.2 cm³/mol. The van der Waals surface area contributed by atoms with E-state index < -0.39 is 0 Å². The summed E-state index contributed by atoms with van der Waals surface area (Å²) in [6, 6.07) is 2.96. The molecule has 0 spiro atoms. The molecule has 1 fully saturated rings. The molecule has 3 heteroatoms. The van der Waals surface area contributed by atoms with E-state index in [1.165, 1.54) is 37.8 Å². The Morgan fingerprint density at radius 2 is 1.56 bits per heavy atom. The van der Waals surface area contributed by atoms with E-state index >= 15 is 0 Å². The third kappa shape index (κ3) is 2.54. The van der Waals surface area contributed by atoms with Crippen LogP contribution in [0.1, 0.15) is 25.7 Å². The second-order valence-corrected chi connectivity index (χ2v) is 6.63. The molecule has 1 nitrogen and oxygen atoms in total. The molecule has 0 aromatic rings. The molecular weight excluding hydrogens is 142 g/mol. The second-order valence-electron chi connectivity index (χ2n) is 2.70. The number of nitrogens with zero attached hydrogens (tertiary/aromatic N) is 1. The summed E-state index contributed by atoms with van der Waals surface area (Å²) in [5.74, 6) is 0. The van der Waals surface area contributed by atoms with Crippen molar-refractivity contribution >= 4 is 19.0 Å². The first-order valence-electron chi connectivity index (χ1n) is 3.88. The average molecular weight is 157 g/mol. The normalized spacial score (nSPS) is 21.6. The third-order valence-corrected chi connectivity index (χ3v) is 6.39. The molecule has 0 N–H and O–H groups in total. The maximum atomic E-state index is 4.55. The highest BCUT2D eigenvalue weighted by Gasteiger charge is 2.04. The van der Waals surface area contributed by atoms with Gasteiger partial charge in [-0.15, -0.1) is 0 Å². The molecule has 9 heavy (non-hydrogen) atoms. The van der Waals surface area contributed by atoms with Crippen LogP contribution in [0.4, 0.5) is 0 Å². The van der Waals surface area contributed by atoms with Crippen LogP contribution < -0.4 is 0 Å². The molecule has 0 saturated carbocycles. The van der Waals surface area contributed by atoms with Crippen LogP contribution in [-0.2, 0) is 0 Å². The first kappa shape index (κ1) is 7.34. The summed E-state index contributed by atoms with van der Waals surface area (Å²) in [6.45, 7) is 0. The third-order valence-electron chi connectivity index (χ3n) is 2.00. The van der Waals surface area contributed by atoms with Gasteiger partial charge in [0.1, 0.15) is 19.0 Å². The van der Waals surface area contributed by atoms with Gasteiger partial charge in [-0.1, -0.05) is 25.7 Å². The summed E-state index contributed by atoms with van der Waals surface area (Å²) in [7, 11) is 0.962. The van der Waals surface area contributed by atoms with Gasteiger partial charge in [-0.2, -0.15) is 0 Å². The lowest BCUT2D eigenvalue weighted by Gasteiger charge is -1.94. The fraction of sp³-hybridized carbons (Fsp3) is 1.00. The Hall–Kier alpha value is 0.234. The van der Waals surface area contributed by atoms with E-state index in [2.05, 4.69) is 4.30 Å². The van der Waals surface area contributed by atoms with E-state index in [1.807, 2.05) is 0 Å². The molecular formula is C6H15NSi2. The van der Waals surface area contributed by atoms with E-state index in [0.29, 0.717) is 0 Å². The highest BCUT2D eigenvalue weighted by molar-refractivity contribution is 6.50. The van der Waals surface area contributed by atoms with Gasteiger partial charge in [0.25, 0.3) is 0 Å². The fourth-order valence-electron chi connectivity index (χ4n) is 1.36. The number of hydrogen-bond acceptors (Lipinski definition) is 1. The highest BCUT2D eigenvalue weighted by atomic mass is 28.3. The zero-order valence-electron chi connectivity index (χ0n) is 6.19. The van der Waals surface area contributed by atoms with Crippen LogP contribution in [0.2, 0.25) is 12.1 Å². The van der Waals surface area contributed by atoms with Crippen LogP contribution in [0.15, 0.2) is 4.30 Å². The maximum absolute atomic E-state index is 4.55. The first-order valence-corrected chi connectivity index (χ1v) is 6.63. The molecule has 1 heterocycles. The van der Waals surface area contributed by atoms with Gasteiger partial charge in [-0.3, -0.25) is 0 Å². The highest BCUT2D eigenvalue weighted by Crippen LogP contribution is 2.14. The Morgan fingerprint density at radius 3 is 2.00 bits per heavy atom. The Kier molecular flexibility index (Phi) is 3.36. The minimum absolute atomic E-state index is 0.137. The van der Waals surface area contributed by atoms with Gasteiger partial charge in [0.15, 0.2) is 0 Å². The lowest BCUT2D eigenvalue weighted by molar-refractivity contribution is 0.720. The van der Waals surface area contributed by atoms with E-state index in [9.17, 15) is 0 Å². The van der Waals surface area contributed by atoms with Crippen LogP contribution in [0, 0.1) is 0 Å². The zero-order chi connectivity index (χ0) is 6.53. The summed E-state index contributed by atoms with van der Waals surface area (Å²) < 4.78 is 4.55. The van der Waals surface area contributed by atoms with Crippen LogP contribution in [-0.4, -0.2) is 19.0 Å². The standard InChI is InChI=1S/C6H15NSi2/c8-7-9-5-3-1-2-4-6-9/h1-6H2,8H3. The van der Waals surface area contributed by atoms with Crippen LogP contribution >= 0.6 is 0 Å². The summed E-state index contributed by atoms with van der Waals surface area (Å²) >= 11 is 0. The summed E-state index contributed by atoms with van der Waals surface area (Å²) in [6.07, 6.45) is 5.90. The summed E-state index contributed by atoms with van der Waals surface area (Å²) in [5, 5.41) is 0. The molecule has 1 rings (SSSR count).